The van der Waals surface area contributed by atoms with Gasteiger partial charge in [-0.3, -0.25) is 14.3 Å². The van der Waals surface area contributed by atoms with Crippen molar-refractivity contribution in [1.82, 2.24) is 14.7 Å². The van der Waals surface area contributed by atoms with E-state index in [1.165, 1.54) is 19.3 Å². The van der Waals surface area contributed by atoms with Crippen LogP contribution in [0.25, 0.3) is 0 Å². The van der Waals surface area contributed by atoms with Gasteiger partial charge < -0.3 is 9.64 Å². The second kappa shape index (κ2) is 7.58. The fourth-order valence-corrected chi connectivity index (χ4v) is 3.84. The molecular formula is C19H29N3O3. The number of aryl methyl sites for hydroxylation is 2. The average molecular weight is 347 g/mol. The monoisotopic (exact) mass is 347 g/mol. The molecule has 0 spiro atoms. The number of ether oxygens (including phenoxy) is 1. The van der Waals surface area contributed by atoms with Gasteiger partial charge in [0.05, 0.1) is 12.5 Å². The van der Waals surface area contributed by atoms with Gasteiger partial charge in [0.25, 0.3) is 5.91 Å². The standard InChI is InChI=1S/C19H29N3O3/c1-4-25-19(24)16-11-14(16)12-22(15-8-6-5-7-9-15)18(23)17-10-13(2)21(3)20-17/h10,14-16H,4-9,11-12H2,1-3H3/t14-,16-/m1/s1. The minimum Gasteiger partial charge on any atom is -0.466 e. The summed E-state index contributed by atoms with van der Waals surface area (Å²) in [6.45, 7) is 4.84. The molecular weight excluding hydrogens is 318 g/mol. The smallest absolute Gasteiger partial charge is 0.309 e. The van der Waals surface area contributed by atoms with Crippen molar-refractivity contribution in [2.45, 2.75) is 58.4 Å². The number of aromatic nitrogens is 2. The number of hydrogen-bond acceptors (Lipinski definition) is 4. The second-order valence-corrected chi connectivity index (χ2v) is 7.40. The van der Waals surface area contributed by atoms with Crippen LogP contribution in [-0.2, 0) is 16.6 Å². The van der Waals surface area contributed by atoms with Crippen LogP contribution in [0.3, 0.4) is 0 Å². The molecule has 0 saturated heterocycles. The zero-order valence-electron chi connectivity index (χ0n) is 15.5. The van der Waals surface area contributed by atoms with Crippen LogP contribution in [0.5, 0.6) is 0 Å². The van der Waals surface area contributed by atoms with E-state index in [1.807, 2.05) is 31.9 Å². The average Bonchev–Trinajstić information content (AvgIpc) is 3.31. The molecule has 1 aromatic heterocycles. The molecule has 6 nitrogen and oxygen atoms in total. The Bertz CT molecular complexity index is 614. The van der Waals surface area contributed by atoms with E-state index in [9.17, 15) is 9.59 Å². The van der Waals surface area contributed by atoms with Gasteiger partial charge in [0.15, 0.2) is 5.69 Å². The van der Waals surface area contributed by atoms with Gasteiger partial charge in [0, 0.05) is 25.3 Å². The fraction of sp³-hybridized carbons (Fsp3) is 0.737. The quantitative estimate of drug-likeness (QED) is 0.742. The maximum Gasteiger partial charge on any atom is 0.309 e. The van der Waals surface area contributed by atoms with Gasteiger partial charge >= 0.3 is 5.97 Å². The summed E-state index contributed by atoms with van der Waals surface area (Å²) in [5.74, 6) is 0.0846. The van der Waals surface area contributed by atoms with E-state index < -0.39 is 0 Å². The zero-order chi connectivity index (χ0) is 18.0. The highest BCUT2D eigenvalue weighted by Gasteiger charge is 2.46. The molecule has 2 aliphatic rings. The third-order valence-electron chi connectivity index (χ3n) is 5.55. The lowest BCUT2D eigenvalue weighted by Gasteiger charge is -2.34. The van der Waals surface area contributed by atoms with Crippen molar-refractivity contribution < 1.29 is 14.3 Å². The Hall–Kier alpha value is -1.85. The number of carbonyl (C=O) groups is 2. The molecule has 0 radical (unpaired) electrons. The van der Waals surface area contributed by atoms with Crippen molar-refractivity contribution >= 4 is 11.9 Å². The zero-order valence-corrected chi connectivity index (χ0v) is 15.5. The number of esters is 1. The molecule has 2 aliphatic carbocycles. The molecule has 1 heterocycles. The summed E-state index contributed by atoms with van der Waals surface area (Å²) in [6.07, 6.45) is 6.51. The van der Waals surface area contributed by atoms with Gasteiger partial charge in [-0.05, 0) is 45.1 Å². The number of hydrogen-bond donors (Lipinski definition) is 0. The summed E-state index contributed by atoms with van der Waals surface area (Å²) in [4.78, 5) is 27.0. The maximum absolute atomic E-state index is 13.1. The van der Waals surface area contributed by atoms with Gasteiger partial charge in [-0.15, -0.1) is 0 Å². The number of rotatable bonds is 6. The summed E-state index contributed by atoms with van der Waals surface area (Å²) >= 11 is 0. The first-order chi connectivity index (χ1) is 12.0. The Morgan fingerprint density at radius 2 is 2.04 bits per heavy atom. The molecule has 0 aromatic carbocycles. The highest BCUT2D eigenvalue weighted by atomic mass is 16.5. The van der Waals surface area contributed by atoms with Crippen molar-refractivity contribution in [3.05, 3.63) is 17.5 Å². The Balaban J connectivity index is 1.71. The van der Waals surface area contributed by atoms with Gasteiger partial charge in [0.1, 0.15) is 0 Å². The highest BCUT2D eigenvalue weighted by Crippen LogP contribution is 2.41. The van der Waals surface area contributed by atoms with Gasteiger partial charge in [-0.1, -0.05) is 19.3 Å². The summed E-state index contributed by atoms with van der Waals surface area (Å²) in [7, 11) is 1.86. The van der Waals surface area contributed by atoms with E-state index in [-0.39, 0.29) is 29.8 Å². The maximum atomic E-state index is 13.1. The van der Waals surface area contributed by atoms with Crippen molar-refractivity contribution in [2.24, 2.45) is 18.9 Å². The Kier molecular flexibility index (Phi) is 5.45. The molecule has 0 N–H and O–H groups in total. The van der Waals surface area contributed by atoms with Gasteiger partial charge in [-0.2, -0.15) is 5.10 Å². The normalized spacial score (nSPS) is 23.3. The van der Waals surface area contributed by atoms with Crippen molar-refractivity contribution in [3.63, 3.8) is 0 Å². The SMILES string of the molecule is CCOC(=O)[C@@H]1C[C@@H]1CN(C(=O)c1cc(C)n(C)n1)C1CCCCC1. The fourth-order valence-electron chi connectivity index (χ4n) is 3.84. The van der Waals surface area contributed by atoms with Crippen LogP contribution in [-0.4, -0.2) is 45.8 Å². The van der Waals surface area contributed by atoms with Gasteiger partial charge in [-0.25, -0.2) is 0 Å². The van der Waals surface area contributed by atoms with Gasteiger partial charge in [0.2, 0.25) is 0 Å². The lowest BCUT2D eigenvalue weighted by atomic mass is 9.93. The van der Waals surface area contributed by atoms with E-state index in [2.05, 4.69) is 5.10 Å². The number of nitrogens with zero attached hydrogens (tertiary/aromatic N) is 3. The van der Waals surface area contributed by atoms with Crippen molar-refractivity contribution in [1.29, 1.82) is 0 Å². The molecule has 2 saturated carbocycles. The molecule has 0 bridgehead atoms. The predicted octanol–water partition coefficient (Wildman–Crippen LogP) is 2.70. The van der Waals surface area contributed by atoms with E-state index in [1.54, 1.807) is 4.68 Å². The highest BCUT2D eigenvalue weighted by molar-refractivity contribution is 5.92. The molecule has 1 aromatic rings. The molecule has 6 heteroatoms. The third-order valence-corrected chi connectivity index (χ3v) is 5.55. The lowest BCUT2D eigenvalue weighted by Crippen LogP contribution is -2.43. The van der Waals surface area contributed by atoms with Crippen LogP contribution in [0.15, 0.2) is 6.07 Å². The molecule has 1 amide bonds. The summed E-state index contributed by atoms with van der Waals surface area (Å²) in [5.41, 5.74) is 1.49. The third kappa shape index (κ3) is 4.05. The largest absolute Gasteiger partial charge is 0.466 e. The minimum atomic E-state index is -0.114. The molecule has 3 rings (SSSR count). The molecule has 2 fully saturated rings. The van der Waals surface area contributed by atoms with E-state index in [4.69, 9.17) is 4.74 Å². The summed E-state index contributed by atoms with van der Waals surface area (Å²) < 4.78 is 6.87. The number of carbonyl (C=O) groups excluding carboxylic acids is 2. The summed E-state index contributed by atoms with van der Waals surface area (Å²) in [5, 5.41) is 4.37. The predicted molar refractivity (Wildman–Crippen MR) is 94.1 cm³/mol. The van der Waals surface area contributed by atoms with Crippen LogP contribution >= 0.6 is 0 Å². The van der Waals surface area contributed by atoms with Crippen LogP contribution in [0.2, 0.25) is 0 Å². The second-order valence-electron chi connectivity index (χ2n) is 7.40. The van der Waals surface area contributed by atoms with Crippen LogP contribution in [0, 0.1) is 18.8 Å². The molecule has 25 heavy (non-hydrogen) atoms. The van der Waals surface area contributed by atoms with Crippen LogP contribution in [0.1, 0.15) is 61.6 Å². The Morgan fingerprint density at radius 3 is 2.64 bits per heavy atom. The Labute approximate surface area is 149 Å². The summed E-state index contributed by atoms with van der Waals surface area (Å²) in [6, 6.07) is 2.13. The first-order valence-electron chi connectivity index (χ1n) is 9.49. The van der Waals surface area contributed by atoms with E-state index in [0.29, 0.717) is 18.8 Å². The minimum absolute atomic E-state index is 0.00473. The van der Waals surface area contributed by atoms with Crippen molar-refractivity contribution in [3.8, 4) is 0 Å². The Morgan fingerprint density at radius 1 is 1.32 bits per heavy atom. The topological polar surface area (TPSA) is 64.4 Å². The van der Waals surface area contributed by atoms with Crippen LogP contribution < -0.4 is 0 Å². The lowest BCUT2D eigenvalue weighted by molar-refractivity contribution is -0.145. The number of amides is 1. The molecule has 2 atom stereocenters. The van der Waals surface area contributed by atoms with E-state index >= 15 is 0 Å². The molecule has 0 aliphatic heterocycles. The first kappa shape index (κ1) is 18.0. The first-order valence-corrected chi connectivity index (χ1v) is 9.49. The molecule has 0 unspecified atom stereocenters. The van der Waals surface area contributed by atoms with Crippen LogP contribution in [0.4, 0.5) is 0 Å². The molecule has 138 valence electrons. The van der Waals surface area contributed by atoms with Crippen molar-refractivity contribution in [2.75, 3.05) is 13.2 Å². The van der Waals surface area contributed by atoms with E-state index in [0.717, 1.165) is 25.0 Å².